The molecule has 86 valence electrons. The standard InChI is InChI=1S/C9H7Cl2NO4/c1-16-7-3-4(10)6(2-5(7)11)12-8(13)9(14)15/h2-3H,1H3,(H,12,13)(H,14,15). The maximum Gasteiger partial charge on any atom is 0.394 e. The van der Waals surface area contributed by atoms with Crippen LogP contribution in [0.3, 0.4) is 0 Å². The average Bonchev–Trinajstić information content (AvgIpc) is 2.22. The molecule has 0 saturated carbocycles. The summed E-state index contributed by atoms with van der Waals surface area (Å²) in [6.07, 6.45) is 0. The number of carbonyl (C=O) groups is 2. The van der Waals surface area contributed by atoms with Crippen molar-refractivity contribution in [2.75, 3.05) is 12.4 Å². The number of carbonyl (C=O) groups excluding carboxylic acids is 1. The number of nitrogens with one attached hydrogen (secondary N) is 1. The van der Waals surface area contributed by atoms with Crippen molar-refractivity contribution in [1.82, 2.24) is 0 Å². The molecule has 0 aromatic heterocycles. The topological polar surface area (TPSA) is 75.6 Å². The van der Waals surface area contributed by atoms with Gasteiger partial charge in [-0.3, -0.25) is 4.79 Å². The lowest BCUT2D eigenvalue weighted by Gasteiger charge is -2.08. The molecule has 0 spiro atoms. The molecule has 2 N–H and O–H groups in total. The van der Waals surface area contributed by atoms with Crippen LogP contribution in [0.2, 0.25) is 10.0 Å². The van der Waals surface area contributed by atoms with E-state index < -0.39 is 11.9 Å². The zero-order valence-electron chi connectivity index (χ0n) is 8.08. The Balaban J connectivity index is 3.02. The number of rotatable bonds is 2. The highest BCUT2D eigenvalue weighted by Gasteiger charge is 2.15. The minimum Gasteiger partial charge on any atom is -0.495 e. The first-order valence-electron chi connectivity index (χ1n) is 4.03. The van der Waals surface area contributed by atoms with Gasteiger partial charge in [0.05, 0.1) is 22.8 Å². The van der Waals surface area contributed by atoms with E-state index >= 15 is 0 Å². The molecule has 1 rings (SSSR count). The summed E-state index contributed by atoms with van der Waals surface area (Å²) in [6.45, 7) is 0. The lowest BCUT2D eigenvalue weighted by atomic mass is 10.3. The van der Waals surface area contributed by atoms with Gasteiger partial charge in [-0.25, -0.2) is 4.79 Å². The zero-order chi connectivity index (χ0) is 12.3. The van der Waals surface area contributed by atoms with Gasteiger partial charge in [0.1, 0.15) is 5.75 Å². The van der Waals surface area contributed by atoms with Crippen molar-refractivity contribution in [1.29, 1.82) is 0 Å². The van der Waals surface area contributed by atoms with E-state index in [4.69, 9.17) is 33.0 Å². The molecule has 5 nitrogen and oxygen atoms in total. The monoisotopic (exact) mass is 263 g/mol. The summed E-state index contributed by atoms with van der Waals surface area (Å²) in [5, 5.41) is 10.8. The Labute approximate surface area is 101 Å². The van der Waals surface area contributed by atoms with Gasteiger partial charge in [-0.1, -0.05) is 23.2 Å². The van der Waals surface area contributed by atoms with Crippen molar-refractivity contribution in [3.8, 4) is 5.75 Å². The van der Waals surface area contributed by atoms with Crippen molar-refractivity contribution in [2.24, 2.45) is 0 Å². The lowest BCUT2D eigenvalue weighted by Crippen LogP contribution is -2.22. The summed E-state index contributed by atoms with van der Waals surface area (Å²) in [5.74, 6) is -2.47. The smallest absolute Gasteiger partial charge is 0.394 e. The molecule has 0 heterocycles. The van der Waals surface area contributed by atoms with Gasteiger partial charge in [0.25, 0.3) is 0 Å². The minimum atomic E-state index is -1.61. The van der Waals surface area contributed by atoms with Crippen molar-refractivity contribution in [2.45, 2.75) is 0 Å². The van der Waals surface area contributed by atoms with E-state index in [2.05, 4.69) is 5.32 Å². The van der Waals surface area contributed by atoms with E-state index in [1.165, 1.54) is 19.2 Å². The first kappa shape index (κ1) is 12.6. The molecule has 7 heteroatoms. The van der Waals surface area contributed by atoms with E-state index in [9.17, 15) is 9.59 Å². The zero-order valence-corrected chi connectivity index (χ0v) is 9.59. The van der Waals surface area contributed by atoms with Gasteiger partial charge in [-0.2, -0.15) is 0 Å². The highest BCUT2D eigenvalue weighted by atomic mass is 35.5. The van der Waals surface area contributed by atoms with Gasteiger partial charge < -0.3 is 15.2 Å². The van der Waals surface area contributed by atoms with Crippen LogP contribution in [0.1, 0.15) is 0 Å². The van der Waals surface area contributed by atoms with Crippen molar-refractivity contribution in [3.63, 3.8) is 0 Å². The summed E-state index contributed by atoms with van der Waals surface area (Å²) in [6, 6.07) is 2.69. The molecule has 0 saturated heterocycles. The fourth-order valence-corrected chi connectivity index (χ4v) is 1.40. The first-order valence-corrected chi connectivity index (χ1v) is 4.78. The van der Waals surface area contributed by atoms with Crippen LogP contribution in [-0.4, -0.2) is 24.1 Å². The van der Waals surface area contributed by atoms with Crippen molar-refractivity contribution < 1.29 is 19.4 Å². The highest BCUT2D eigenvalue weighted by molar-refractivity contribution is 6.40. The molecule has 0 aliphatic rings. The summed E-state index contributed by atoms with van der Waals surface area (Å²) < 4.78 is 4.89. The van der Waals surface area contributed by atoms with Crippen LogP contribution in [0.15, 0.2) is 12.1 Å². The Hall–Kier alpha value is -1.46. The molecule has 0 unspecified atom stereocenters. The number of amides is 1. The minimum absolute atomic E-state index is 0.111. The number of carboxylic acids is 1. The fourth-order valence-electron chi connectivity index (χ4n) is 0.957. The van der Waals surface area contributed by atoms with Gasteiger partial charge in [0, 0.05) is 6.07 Å². The molecule has 0 aliphatic heterocycles. The third-order valence-corrected chi connectivity index (χ3v) is 2.29. The molecule has 0 aliphatic carbocycles. The van der Waals surface area contributed by atoms with Crippen molar-refractivity contribution in [3.05, 3.63) is 22.2 Å². The second-order valence-electron chi connectivity index (χ2n) is 2.73. The van der Waals surface area contributed by atoms with Gasteiger partial charge in [0.2, 0.25) is 0 Å². The van der Waals surface area contributed by atoms with Crippen LogP contribution in [0.4, 0.5) is 5.69 Å². The summed E-state index contributed by atoms with van der Waals surface area (Å²) in [5.41, 5.74) is 0.111. The quantitative estimate of drug-likeness (QED) is 0.801. The van der Waals surface area contributed by atoms with Crippen LogP contribution in [0.5, 0.6) is 5.75 Å². The second kappa shape index (κ2) is 5.05. The number of ether oxygens (including phenoxy) is 1. The van der Waals surface area contributed by atoms with Gasteiger partial charge in [0.15, 0.2) is 0 Å². The Bertz CT molecular complexity index is 447. The number of hydrogen-bond donors (Lipinski definition) is 2. The highest BCUT2D eigenvalue weighted by Crippen LogP contribution is 2.33. The van der Waals surface area contributed by atoms with Crippen LogP contribution >= 0.6 is 23.2 Å². The molecular weight excluding hydrogens is 257 g/mol. The second-order valence-corrected chi connectivity index (χ2v) is 3.54. The molecule has 1 amide bonds. The molecule has 0 bridgehead atoms. The predicted molar refractivity (Wildman–Crippen MR) is 59.3 cm³/mol. The van der Waals surface area contributed by atoms with E-state index in [-0.39, 0.29) is 15.7 Å². The fraction of sp³-hybridized carbons (Fsp3) is 0.111. The normalized spacial score (nSPS) is 9.69. The van der Waals surface area contributed by atoms with E-state index in [1.807, 2.05) is 0 Å². The average molecular weight is 264 g/mol. The maximum absolute atomic E-state index is 10.9. The van der Waals surface area contributed by atoms with Gasteiger partial charge >= 0.3 is 11.9 Å². The van der Waals surface area contributed by atoms with E-state index in [0.717, 1.165) is 0 Å². The predicted octanol–water partition coefficient (Wildman–Crippen LogP) is 2.03. The molecule has 0 radical (unpaired) electrons. The Morgan fingerprint density at radius 3 is 2.44 bits per heavy atom. The third-order valence-electron chi connectivity index (χ3n) is 1.68. The Kier molecular flexibility index (Phi) is 3.98. The summed E-state index contributed by atoms with van der Waals surface area (Å²) in [7, 11) is 1.41. The summed E-state index contributed by atoms with van der Waals surface area (Å²) in [4.78, 5) is 21.2. The summed E-state index contributed by atoms with van der Waals surface area (Å²) >= 11 is 11.6. The van der Waals surface area contributed by atoms with E-state index in [0.29, 0.717) is 5.75 Å². The maximum atomic E-state index is 10.9. The Morgan fingerprint density at radius 1 is 1.31 bits per heavy atom. The molecule has 0 atom stereocenters. The van der Waals surface area contributed by atoms with Crippen LogP contribution in [0, 0.1) is 0 Å². The van der Waals surface area contributed by atoms with Crippen LogP contribution < -0.4 is 10.1 Å². The van der Waals surface area contributed by atoms with Crippen LogP contribution in [-0.2, 0) is 9.59 Å². The van der Waals surface area contributed by atoms with Gasteiger partial charge in [-0.15, -0.1) is 0 Å². The number of halogens is 2. The van der Waals surface area contributed by atoms with Crippen LogP contribution in [0.25, 0.3) is 0 Å². The third kappa shape index (κ3) is 2.77. The molecular formula is C9H7Cl2NO4. The number of benzene rings is 1. The molecule has 1 aromatic carbocycles. The first-order chi connectivity index (χ1) is 7.45. The molecule has 16 heavy (non-hydrogen) atoms. The van der Waals surface area contributed by atoms with Crippen molar-refractivity contribution >= 4 is 40.8 Å². The Morgan fingerprint density at radius 2 is 1.94 bits per heavy atom. The largest absolute Gasteiger partial charge is 0.495 e. The SMILES string of the molecule is COc1cc(Cl)c(NC(=O)C(=O)O)cc1Cl. The van der Waals surface area contributed by atoms with E-state index in [1.54, 1.807) is 0 Å². The molecule has 0 fully saturated rings. The number of hydrogen-bond acceptors (Lipinski definition) is 3. The van der Waals surface area contributed by atoms with Gasteiger partial charge in [-0.05, 0) is 6.07 Å². The number of anilines is 1. The number of aliphatic carboxylic acids is 1. The number of methoxy groups -OCH3 is 1. The number of carboxylic acid groups (broad SMARTS) is 1. The molecule has 1 aromatic rings. The lowest BCUT2D eigenvalue weighted by molar-refractivity contribution is -0.147.